The number of rotatable bonds is 6. The summed E-state index contributed by atoms with van der Waals surface area (Å²) in [5.41, 5.74) is 1.87. The van der Waals surface area contributed by atoms with E-state index in [1.807, 2.05) is 0 Å². The third-order valence-electron chi connectivity index (χ3n) is 3.99. The highest BCUT2D eigenvalue weighted by atomic mass is 28.4. The van der Waals surface area contributed by atoms with Crippen molar-refractivity contribution in [2.75, 3.05) is 0 Å². The summed E-state index contributed by atoms with van der Waals surface area (Å²) in [6, 6.07) is 12.9. The van der Waals surface area contributed by atoms with Crippen molar-refractivity contribution in [2.24, 2.45) is 0 Å². The average molecular weight is 274 g/mol. The SMILES string of the molecule is CCCC#CO[Si](CC)(CC)[C@@H](C)c1ccccc1. The van der Waals surface area contributed by atoms with Crippen molar-refractivity contribution in [1.82, 2.24) is 0 Å². The van der Waals surface area contributed by atoms with Gasteiger partial charge in [-0.1, -0.05) is 63.9 Å². The van der Waals surface area contributed by atoms with Gasteiger partial charge in [0.15, 0.2) is 0 Å². The number of benzene rings is 1. The second kappa shape index (κ2) is 8.07. The number of hydrogen-bond acceptors (Lipinski definition) is 1. The predicted molar refractivity (Wildman–Crippen MR) is 85.3 cm³/mol. The highest BCUT2D eigenvalue weighted by molar-refractivity contribution is 6.75. The van der Waals surface area contributed by atoms with Gasteiger partial charge in [-0.2, -0.15) is 0 Å². The first-order chi connectivity index (χ1) is 9.20. The van der Waals surface area contributed by atoms with Gasteiger partial charge in [0.1, 0.15) is 0 Å². The van der Waals surface area contributed by atoms with Crippen molar-refractivity contribution in [3.63, 3.8) is 0 Å². The molecule has 0 spiro atoms. The lowest BCUT2D eigenvalue weighted by Gasteiger charge is -2.32. The fourth-order valence-electron chi connectivity index (χ4n) is 2.45. The lowest BCUT2D eigenvalue weighted by atomic mass is 10.2. The number of unbranched alkanes of at least 4 members (excludes halogenated alkanes) is 1. The quantitative estimate of drug-likeness (QED) is 0.518. The van der Waals surface area contributed by atoms with Crippen LogP contribution in [0.25, 0.3) is 0 Å². The molecule has 104 valence electrons. The molecule has 1 rings (SSSR count). The van der Waals surface area contributed by atoms with Gasteiger partial charge in [-0.05, 0) is 24.1 Å². The molecule has 0 saturated carbocycles. The summed E-state index contributed by atoms with van der Waals surface area (Å²) in [5.74, 6) is 3.13. The van der Waals surface area contributed by atoms with E-state index in [1.54, 1.807) is 0 Å². The standard InChI is InChI=1S/C17H26OSi/c1-5-8-12-15-18-19(6-2,7-3)16(4)17-13-10-9-11-14-17/h9-11,13-14,16H,5-8H2,1-4H3/t16-/m0/s1. The van der Waals surface area contributed by atoms with Crippen molar-refractivity contribution in [3.8, 4) is 12.0 Å². The van der Waals surface area contributed by atoms with Crippen LogP contribution in [0.5, 0.6) is 0 Å². The molecule has 19 heavy (non-hydrogen) atoms. The second-order valence-corrected chi connectivity index (χ2v) is 9.65. The third-order valence-corrected chi connectivity index (χ3v) is 8.80. The van der Waals surface area contributed by atoms with E-state index in [1.165, 1.54) is 5.56 Å². The molecule has 0 fully saturated rings. The molecular formula is C17H26OSi. The molecule has 0 aliphatic carbocycles. The van der Waals surface area contributed by atoms with Crippen molar-refractivity contribution >= 4 is 8.32 Å². The van der Waals surface area contributed by atoms with E-state index in [4.69, 9.17) is 4.43 Å². The molecule has 0 unspecified atom stereocenters. The normalized spacial score (nSPS) is 12.4. The van der Waals surface area contributed by atoms with Gasteiger partial charge in [-0.15, -0.1) is 0 Å². The molecule has 0 bridgehead atoms. The van der Waals surface area contributed by atoms with Gasteiger partial charge in [0.05, 0.1) is 6.11 Å². The smallest absolute Gasteiger partial charge is 0.271 e. The summed E-state index contributed by atoms with van der Waals surface area (Å²) in [7, 11) is -1.81. The highest BCUT2D eigenvalue weighted by Crippen LogP contribution is 2.33. The van der Waals surface area contributed by atoms with Gasteiger partial charge in [0.2, 0.25) is 0 Å². The minimum atomic E-state index is -1.81. The summed E-state index contributed by atoms with van der Waals surface area (Å²) in [6.07, 6.45) is 5.01. The molecule has 0 N–H and O–H groups in total. The fraction of sp³-hybridized carbons (Fsp3) is 0.529. The minimum absolute atomic E-state index is 0.486. The molecule has 0 saturated heterocycles. The first-order valence-electron chi connectivity index (χ1n) is 7.41. The fourth-order valence-corrected chi connectivity index (χ4v) is 5.72. The van der Waals surface area contributed by atoms with Gasteiger partial charge in [-0.25, -0.2) is 0 Å². The minimum Gasteiger partial charge on any atom is -0.500 e. The summed E-state index contributed by atoms with van der Waals surface area (Å²) in [6.45, 7) is 8.94. The summed E-state index contributed by atoms with van der Waals surface area (Å²) >= 11 is 0. The maximum atomic E-state index is 6.12. The monoisotopic (exact) mass is 274 g/mol. The Labute approximate surface area is 119 Å². The van der Waals surface area contributed by atoms with Crippen LogP contribution in [0, 0.1) is 12.0 Å². The second-order valence-electron chi connectivity index (χ2n) is 5.04. The largest absolute Gasteiger partial charge is 0.500 e. The van der Waals surface area contributed by atoms with Crippen LogP contribution >= 0.6 is 0 Å². The van der Waals surface area contributed by atoms with Crippen molar-refractivity contribution < 1.29 is 4.43 Å². The highest BCUT2D eigenvalue weighted by Gasteiger charge is 2.40. The summed E-state index contributed by atoms with van der Waals surface area (Å²) < 4.78 is 6.12. The van der Waals surface area contributed by atoms with Gasteiger partial charge in [0.25, 0.3) is 8.32 Å². The maximum absolute atomic E-state index is 6.12. The first-order valence-corrected chi connectivity index (χ1v) is 9.81. The van der Waals surface area contributed by atoms with E-state index < -0.39 is 8.32 Å². The summed E-state index contributed by atoms with van der Waals surface area (Å²) in [5, 5.41) is 0. The Morgan fingerprint density at radius 1 is 1.11 bits per heavy atom. The van der Waals surface area contributed by atoms with Crippen LogP contribution in [0.3, 0.4) is 0 Å². The maximum Gasteiger partial charge on any atom is 0.271 e. The Kier molecular flexibility index (Phi) is 6.73. The molecular weight excluding hydrogens is 248 g/mol. The third kappa shape index (κ3) is 4.14. The lowest BCUT2D eigenvalue weighted by Crippen LogP contribution is -2.41. The van der Waals surface area contributed by atoms with E-state index in [-0.39, 0.29) is 0 Å². The van der Waals surface area contributed by atoms with Crippen LogP contribution < -0.4 is 0 Å². The van der Waals surface area contributed by atoms with Crippen molar-refractivity contribution in [3.05, 3.63) is 35.9 Å². The molecule has 1 atom stereocenters. The molecule has 2 heteroatoms. The molecule has 1 nitrogen and oxygen atoms in total. The van der Waals surface area contributed by atoms with Gasteiger partial charge < -0.3 is 4.43 Å². The summed E-state index contributed by atoms with van der Waals surface area (Å²) in [4.78, 5) is 0. The van der Waals surface area contributed by atoms with E-state index in [0.717, 1.165) is 24.9 Å². The van der Waals surface area contributed by atoms with Gasteiger partial charge in [0, 0.05) is 12.0 Å². The Hall–Kier alpha value is -1.20. The lowest BCUT2D eigenvalue weighted by molar-refractivity contribution is 0.478. The van der Waals surface area contributed by atoms with Crippen LogP contribution in [-0.2, 0) is 4.43 Å². The average Bonchev–Trinajstić information content (AvgIpc) is 2.48. The molecule has 1 aromatic rings. The van der Waals surface area contributed by atoms with Gasteiger partial charge >= 0.3 is 0 Å². The van der Waals surface area contributed by atoms with Crippen LogP contribution in [0.4, 0.5) is 0 Å². The Morgan fingerprint density at radius 3 is 2.26 bits per heavy atom. The van der Waals surface area contributed by atoms with E-state index in [9.17, 15) is 0 Å². The van der Waals surface area contributed by atoms with Crippen LogP contribution in [0.15, 0.2) is 30.3 Å². The first kappa shape index (κ1) is 15.9. The Bertz CT molecular complexity index is 412. The van der Waals surface area contributed by atoms with Crippen molar-refractivity contribution in [2.45, 2.75) is 58.2 Å². The molecule has 0 radical (unpaired) electrons. The van der Waals surface area contributed by atoms with Crippen LogP contribution in [0.1, 0.15) is 51.6 Å². The van der Waals surface area contributed by atoms with Crippen LogP contribution in [0.2, 0.25) is 12.1 Å². The zero-order valence-corrected chi connectivity index (χ0v) is 13.7. The van der Waals surface area contributed by atoms with Crippen LogP contribution in [-0.4, -0.2) is 8.32 Å². The molecule has 0 amide bonds. The van der Waals surface area contributed by atoms with Crippen molar-refractivity contribution in [1.29, 1.82) is 0 Å². The molecule has 0 aromatic heterocycles. The molecule has 1 aromatic carbocycles. The van der Waals surface area contributed by atoms with E-state index in [2.05, 4.69) is 70.1 Å². The topological polar surface area (TPSA) is 9.23 Å². The molecule has 0 heterocycles. The zero-order chi connectivity index (χ0) is 14.1. The Morgan fingerprint density at radius 2 is 1.74 bits per heavy atom. The molecule has 0 aliphatic rings. The molecule has 0 aliphatic heterocycles. The number of hydrogen-bond donors (Lipinski definition) is 0. The zero-order valence-electron chi connectivity index (χ0n) is 12.7. The van der Waals surface area contributed by atoms with E-state index >= 15 is 0 Å². The van der Waals surface area contributed by atoms with Gasteiger partial charge in [-0.3, -0.25) is 0 Å². The predicted octanol–water partition coefficient (Wildman–Crippen LogP) is 5.09. The Balaban J connectivity index is 2.89. The van der Waals surface area contributed by atoms with E-state index in [0.29, 0.717) is 5.54 Å².